The minimum Gasteiger partial charge on any atom is -0.490 e. The van der Waals surface area contributed by atoms with Gasteiger partial charge < -0.3 is 19.2 Å². The van der Waals surface area contributed by atoms with Crippen molar-refractivity contribution < 1.29 is 13.9 Å². The van der Waals surface area contributed by atoms with Gasteiger partial charge in [-0.05, 0) is 38.1 Å². The fourth-order valence-corrected chi connectivity index (χ4v) is 2.79. The van der Waals surface area contributed by atoms with Crippen LogP contribution in [-0.2, 0) is 0 Å². The lowest BCUT2D eigenvalue weighted by Gasteiger charge is -2.14. The number of anilines is 1. The number of benzene rings is 2. The molecule has 4 rings (SSSR count). The van der Waals surface area contributed by atoms with Gasteiger partial charge in [0.05, 0.1) is 13.2 Å². The minimum absolute atomic E-state index is 0.133. The zero-order valence-corrected chi connectivity index (χ0v) is 14.9. The van der Waals surface area contributed by atoms with Crippen LogP contribution in [0.25, 0.3) is 11.5 Å². The Balaban J connectivity index is 1.49. The number of nitrogens with one attached hydrogen (secondary N) is 1. The van der Waals surface area contributed by atoms with Crippen molar-refractivity contribution in [1.82, 2.24) is 10.2 Å². The van der Waals surface area contributed by atoms with Crippen molar-refractivity contribution in [3.8, 4) is 23.0 Å². The molecule has 0 spiro atoms. The van der Waals surface area contributed by atoms with Gasteiger partial charge in [0.25, 0.3) is 0 Å². The fourth-order valence-electron chi connectivity index (χ4n) is 2.79. The van der Waals surface area contributed by atoms with E-state index in [4.69, 9.17) is 13.9 Å². The van der Waals surface area contributed by atoms with Gasteiger partial charge in [0.15, 0.2) is 11.5 Å². The summed E-state index contributed by atoms with van der Waals surface area (Å²) in [7, 11) is 0. The summed E-state index contributed by atoms with van der Waals surface area (Å²) in [4.78, 5) is 0. The van der Waals surface area contributed by atoms with Crippen LogP contribution in [0.3, 0.4) is 0 Å². The molecular formula is C20H21N3O3. The van der Waals surface area contributed by atoms with E-state index in [9.17, 15) is 0 Å². The second kappa shape index (κ2) is 7.07. The number of fused-ring (bicyclic) bond motifs is 1. The first-order valence-electron chi connectivity index (χ1n) is 8.76. The zero-order valence-electron chi connectivity index (χ0n) is 14.9. The van der Waals surface area contributed by atoms with Gasteiger partial charge in [-0.15, -0.1) is 10.2 Å². The normalized spacial score (nSPS) is 14.5. The summed E-state index contributed by atoms with van der Waals surface area (Å²) >= 11 is 0. The predicted octanol–water partition coefficient (Wildman–Crippen LogP) is 4.38. The summed E-state index contributed by atoms with van der Waals surface area (Å²) in [6, 6.07) is 13.7. The number of hydrogen-bond donors (Lipinski definition) is 1. The Morgan fingerprint density at radius 3 is 2.54 bits per heavy atom. The number of nitrogens with zero attached hydrogens (tertiary/aromatic N) is 2. The second-order valence-corrected chi connectivity index (χ2v) is 6.39. The number of rotatable bonds is 4. The first-order chi connectivity index (χ1) is 12.7. The highest BCUT2D eigenvalue weighted by Crippen LogP contribution is 2.33. The first-order valence-corrected chi connectivity index (χ1v) is 8.76. The maximum atomic E-state index is 5.84. The van der Waals surface area contributed by atoms with Crippen LogP contribution >= 0.6 is 0 Å². The van der Waals surface area contributed by atoms with Gasteiger partial charge >= 0.3 is 0 Å². The van der Waals surface area contributed by atoms with Crippen LogP contribution in [0.15, 0.2) is 46.9 Å². The molecule has 2 heterocycles. The van der Waals surface area contributed by atoms with Crippen LogP contribution in [0.4, 0.5) is 5.69 Å². The lowest BCUT2D eigenvalue weighted by molar-refractivity contribution is 0.297. The van der Waals surface area contributed by atoms with Gasteiger partial charge in [-0.3, -0.25) is 0 Å². The molecule has 0 fully saturated rings. The number of aryl methyl sites for hydroxylation is 1. The van der Waals surface area contributed by atoms with E-state index in [1.54, 1.807) is 0 Å². The van der Waals surface area contributed by atoms with Crippen molar-refractivity contribution >= 4 is 5.69 Å². The van der Waals surface area contributed by atoms with Crippen LogP contribution in [0.5, 0.6) is 11.5 Å². The van der Waals surface area contributed by atoms with Crippen molar-refractivity contribution in [1.29, 1.82) is 0 Å². The Morgan fingerprint density at radius 1 is 0.962 bits per heavy atom. The van der Waals surface area contributed by atoms with Crippen molar-refractivity contribution in [3.05, 3.63) is 53.9 Å². The van der Waals surface area contributed by atoms with E-state index in [2.05, 4.69) is 15.5 Å². The third kappa shape index (κ3) is 3.49. The number of aromatic nitrogens is 2. The maximum Gasteiger partial charge on any atom is 0.247 e. The molecule has 0 saturated carbocycles. The minimum atomic E-state index is -0.133. The molecule has 0 bridgehead atoms. The average molecular weight is 351 g/mol. The molecular weight excluding hydrogens is 330 g/mol. The molecule has 1 aromatic heterocycles. The fraction of sp³-hybridized carbons (Fsp3) is 0.300. The van der Waals surface area contributed by atoms with Crippen LogP contribution in [-0.4, -0.2) is 23.4 Å². The Morgan fingerprint density at radius 2 is 1.73 bits per heavy atom. The lowest BCUT2D eigenvalue weighted by Crippen LogP contribution is -2.07. The van der Waals surface area contributed by atoms with E-state index >= 15 is 0 Å². The molecule has 6 nitrogen and oxygen atoms in total. The SMILES string of the molecule is Cc1ccc(-c2nnc([C@H](C)Nc3ccc4c(c3)OCCCO4)o2)cc1. The summed E-state index contributed by atoms with van der Waals surface area (Å²) in [6.07, 6.45) is 0.887. The molecule has 0 unspecified atom stereocenters. The molecule has 1 N–H and O–H groups in total. The third-order valence-corrected chi connectivity index (χ3v) is 4.24. The van der Waals surface area contributed by atoms with Gasteiger partial charge in [-0.1, -0.05) is 17.7 Å². The summed E-state index contributed by atoms with van der Waals surface area (Å²) in [5, 5.41) is 11.7. The van der Waals surface area contributed by atoms with Gasteiger partial charge in [0.1, 0.15) is 6.04 Å². The van der Waals surface area contributed by atoms with Gasteiger partial charge in [-0.25, -0.2) is 0 Å². The Hall–Kier alpha value is -3.02. The Labute approximate surface area is 152 Å². The Kier molecular flexibility index (Phi) is 4.48. The molecule has 134 valence electrons. The van der Waals surface area contributed by atoms with E-state index in [0.717, 1.165) is 29.2 Å². The monoisotopic (exact) mass is 351 g/mol. The van der Waals surface area contributed by atoms with E-state index in [1.807, 2.05) is 56.3 Å². The summed E-state index contributed by atoms with van der Waals surface area (Å²) in [6.45, 7) is 5.37. The van der Waals surface area contributed by atoms with Crippen molar-refractivity contribution in [2.24, 2.45) is 0 Å². The zero-order chi connectivity index (χ0) is 17.9. The molecule has 0 radical (unpaired) electrons. The van der Waals surface area contributed by atoms with Crippen molar-refractivity contribution in [3.63, 3.8) is 0 Å². The van der Waals surface area contributed by atoms with E-state index in [-0.39, 0.29) is 6.04 Å². The lowest BCUT2D eigenvalue weighted by atomic mass is 10.1. The average Bonchev–Trinajstić information content (AvgIpc) is 3.02. The maximum absolute atomic E-state index is 5.84. The van der Waals surface area contributed by atoms with Gasteiger partial charge in [-0.2, -0.15) is 0 Å². The standard InChI is InChI=1S/C20H21N3O3/c1-13-4-6-15(7-5-13)20-23-22-19(26-20)14(2)21-16-8-9-17-18(12-16)25-11-3-10-24-17/h4-9,12,14,21H,3,10-11H2,1-2H3/t14-/m0/s1. The van der Waals surface area contributed by atoms with E-state index < -0.39 is 0 Å². The second-order valence-electron chi connectivity index (χ2n) is 6.39. The van der Waals surface area contributed by atoms with Gasteiger partial charge in [0.2, 0.25) is 11.8 Å². The molecule has 3 aromatic rings. The highest BCUT2D eigenvalue weighted by atomic mass is 16.5. The largest absolute Gasteiger partial charge is 0.490 e. The summed E-state index contributed by atoms with van der Waals surface area (Å²) < 4.78 is 17.2. The first kappa shape index (κ1) is 16.4. The van der Waals surface area contributed by atoms with Gasteiger partial charge in [0, 0.05) is 23.7 Å². The van der Waals surface area contributed by atoms with Crippen LogP contribution in [0.1, 0.15) is 30.8 Å². The molecule has 1 aliphatic rings. The molecule has 0 aliphatic carbocycles. The molecule has 0 saturated heterocycles. The predicted molar refractivity (Wildman–Crippen MR) is 98.6 cm³/mol. The van der Waals surface area contributed by atoms with E-state index in [0.29, 0.717) is 25.0 Å². The van der Waals surface area contributed by atoms with Crippen LogP contribution < -0.4 is 14.8 Å². The Bertz CT molecular complexity index is 890. The smallest absolute Gasteiger partial charge is 0.247 e. The van der Waals surface area contributed by atoms with E-state index in [1.165, 1.54) is 5.56 Å². The van der Waals surface area contributed by atoms with Crippen molar-refractivity contribution in [2.75, 3.05) is 18.5 Å². The molecule has 1 aliphatic heterocycles. The molecule has 0 amide bonds. The summed E-state index contributed by atoms with van der Waals surface area (Å²) in [5.41, 5.74) is 3.02. The number of ether oxygens (including phenoxy) is 2. The van der Waals surface area contributed by atoms with Crippen LogP contribution in [0.2, 0.25) is 0 Å². The molecule has 2 aromatic carbocycles. The molecule has 26 heavy (non-hydrogen) atoms. The van der Waals surface area contributed by atoms with Crippen LogP contribution in [0, 0.1) is 6.92 Å². The molecule has 6 heteroatoms. The topological polar surface area (TPSA) is 69.4 Å². The number of hydrogen-bond acceptors (Lipinski definition) is 6. The molecule has 1 atom stereocenters. The highest BCUT2D eigenvalue weighted by Gasteiger charge is 2.17. The summed E-state index contributed by atoms with van der Waals surface area (Å²) in [5.74, 6) is 2.59. The highest BCUT2D eigenvalue weighted by molar-refractivity contribution is 5.56. The third-order valence-electron chi connectivity index (χ3n) is 4.24. The quantitative estimate of drug-likeness (QED) is 0.752. The van der Waals surface area contributed by atoms with Crippen molar-refractivity contribution in [2.45, 2.75) is 26.3 Å².